The number of benzene rings is 1. The Hall–Kier alpha value is -1.06. The molecule has 1 aromatic rings. The molecule has 1 saturated heterocycles. The molecular weight excluding hydrogens is 226 g/mol. The molecule has 0 saturated carbocycles. The molecule has 1 aromatic carbocycles. The average molecular weight is 249 g/mol. The highest BCUT2D eigenvalue weighted by Crippen LogP contribution is 2.25. The van der Waals surface area contributed by atoms with Crippen molar-refractivity contribution >= 4 is 0 Å². The van der Waals surface area contributed by atoms with Gasteiger partial charge in [0.1, 0.15) is 5.75 Å². The van der Waals surface area contributed by atoms with E-state index >= 15 is 0 Å². The molecular formula is C15H23NO2. The molecule has 0 radical (unpaired) electrons. The molecule has 0 spiro atoms. The molecule has 1 aliphatic rings. The Morgan fingerprint density at radius 3 is 2.83 bits per heavy atom. The molecule has 1 heterocycles. The van der Waals surface area contributed by atoms with Gasteiger partial charge in [0, 0.05) is 6.04 Å². The second-order valence-electron chi connectivity index (χ2n) is 5.24. The maximum Gasteiger partial charge on any atom is 0.120 e. The highest BCUT2D eigenvalue weighted by Gasteiger charge is 2.22. The van der Waals surface area contributed by atoms with Crippen molar-refractivity contribution in [3.63, 3.8) is 0 Å². The fraction of sp³-hybridized carbons (Fsp3) is 0.600. The van der Waals surface area contributed by atoms with E-state index in [1.807, 2.05) is 38.1 Å². The minimum Gasteiger partial charge on any atom is -0.491 e. The minimum absolute atomic E-state index is 0.158. The first-order valence-electron chi connectivity index (χ1n) is 6.85. The lowest BCUT2D eigenvalue weighted by molar-refractivity contribution is 0.113. The quantitative estimate of drug-likeness (QED) is 0.862. The molecule has 0 aliphatic carbocycles. The molecule has 0 amide bonds. The van der Waals surface area contributed by atoms with E-state index in [1.54, 1.807) is 0 Å². The highest BCUT2D eigenvalue weighted by molar-refractivity contribution is 5.30. The molecule has 2 unspecified atom stereocenters. The van der Waals surface area contributed by atoms with E-state index in [-0.39, 0.29) is 12.1 Å². The molecule has 2 rings (SSSR count). The number of piperidine rings is 1. The third kappa shape index (κ3) is 3.47. The third-order valence-electron chi connectivity index (χ3n) is 3.30. The Labute approximate surface area is 109 Å². The molecule has 3 heteroatoms. The number of hydrogen-bond acceptors (Lipinski definition) is 3. The van der Waals surface area contributed by atoms with E-state index in [2.05, 4.69) is 5.32 Å². The van der Waals surface area contributed by atoms with E-state index in [4.69, 9.17) is 4.74 Å². The zero-order valence-electron chi connectivity index (χ0n) is 11.2. The lowest BCUT2D eigenvalue weighted by Gasteiger charge is -2.28. The standard InChI is InChI=1S/C15H23NO2/c1-11(2)18-13-7-5-6-12(10-13)15(17)14-8-3-4-9-16-14/h5-7,10-11,14-17H,3-4,8-9H2,1-2H3. The predicted octanol–water partition coefficient (Wildman–Crippen LogP) is 2.65. The van der Waals surface area contributed by atoms with Gasteiger partial charge in [-0.3, -0.25) is 0 Å². The molecule has 0 aromatic heterocycles. The normalized spacial score (nSPS) is 21.9. The van der Waals surface area contributed by atoms with E-state index in [1.165, 1.54) is 12.8 Å². The van der Waals surface area contributed by atoms with Gasteiger partial charge in [-0.2, -0.15) is 0 Å². The van der Waals surface area contributed by atoms with E-state index in [0.717, 1.165) is 24.3 Å². The Morgan fingerprint density at radius 1 is 1.33 bits per heavy atom. The first-order chi connectivity index (χ1) is 8.66. The van der Waals surface area contributed by atoms with E-state index in [9.17, 15) is 5.11 Å². The van der Waals surface area contributed by atoms with Crippen molar-refractivity contribution in [2.24, 2.45) is 0 Å². The second kappa shape index (κ2) is 6.21. The summed E-state index contributed by atoms with van der Waals surface area (Å²) in [7, 11) is 0. The van der Waals surface area contributed by atoms with Crippen molar-refractivity contribution in [3.05, 3.63) is 29.8 Å². The van der Waals surface area contributed by atoms with Crippen LogP contribution in [0.3, 0.4) is 0 Å². The summed E-state index contributed by atoms with van der Waals surface area (Å²) in [6, 6.07) is 7.96. The molecule has 18 heavy (non-hydrogen) atoms. The fourth-order valence-corrected chi connectivity index (χ4v) is 2.42. The molecule has 1 aliphatic heterocycles. The summed E-state index contributed by atoms with van der Waals surface area (Å²) in [6.45, 7) is 5.02. The highest BCUT2D eigenvalue weighted by atomic mass is 16.5. The van der Waals surface area contributed by atoms with Crippen LogP contribution in [0.2, 0.25) is 0 Å². The summed E-state index contributed by atoms with van der Waals surface area (Å²) in [5.74, 6) is 0.831. The van der Waals surface area contributed by atoms with Crippen molar-refractivity contribution in [1.29, 1.82) is 0 Å². The molecule has 100 valence electrons. The molecule has 2 N–H and O–H groups in total. The maximum absolute atomic E-state index is 10.4. The first-order valence-corrected chi connectivity index (χ1v) is 6.85. The monoisotopic (exact) mass is 249 g/mol. The van der Waals surface area contributed by atoms with Gasteiger partial charge in [-0.15, -0.1) is 0 Å². The number of ether oxygens (including phenoxy) is 1. The van der Waals surface area contributed by atoms with Crippen LogP contribution in [0.25, 0.3) is 0 Å². The molecule has 0 bridgehead atoms. The lowest BCUT2D eigenvalue weighted by Crippen LogP contribution is -2.38. The molecule has 2 atom stereocenters. The van der Waals surface area contributed by atoms with Crippen LogP contribution < -0.4 is 10.1 Å². The molecule has 3 nitrogen and oxygen atoms in total. The van der Waals surface area contributed by atoms with Crippen LogP contribution in [-0.2, 0) is 0 Å². The predicted molar refractivity (Wildman–Crippen MR) is 72.8 cm³/mol. The van der Waals surface area contributed by atoms with Gasteiger partial charge in [-0.05, 0) is 50.9 Å². The third-order valence-corrected chi connectivity index (χ3v) is 3.30. The Balaban J connectivity index is 2.06. The van der Waals surface area contributed by atoms with Crippen molar-refractivity contribution in [2.45, 2.75) is 51.4 Å². The number of nitrogens with one attached hydrogen (secondary N) is 1. The minimum atomic E-state index is -0.444. The van der Waals surface area contributed by atoms with Crippen LogP contribution in [0.1, 0.15) is 44.8 Å². The average Bonchev–Trinajstić information content (AvgIpc) is 2.38. The van der Waals surface area contributed by atoms with Gasteiger partial charge >= 0.3 is 0 Å². The van der Waals surface area contributed by atoms with Crippen LogP contribution in [0, 0.1) is 0 Å². The van der Waals surface area contributed by atoms with Crippen molar-refractivity contribution < 1.29 is 9.84 Å². The number of rotatable bonds is 4. The van der Waals surface area contributed by atoms with Gasteiger partial charge in [0.2, 0.25) is 0 Å². The van der Waals surface area contributed by atoms with Gasteiger partial charge in [0.05, 0.1) is 12.2 Å². The van der Waals surface area contributed by atoms with Gasteiger partial charge in [0.25, 0.3) is 0 Å². The summed E-state index contributed by atoms with van der Waals surface area (Å²) in [4.78, 5) is 0. The van der Waals surface area contributed by atoms with Crippen LogP contribution in [0.4, 0.5) is 0 Å². The summed E-state index contributed by atoms with van der Waals surface area (Å²) in [6.07, 6.45) is 3.15. The summed E-state index contributed by atoms with van der Waals surface area (Å²) in [5, 5.41) is 13.8. The van der Waals surface area contributed by atoms with E-state index < -0.39 is 6.10 Å². The number of hydrogen-bond donors (Lipinski definition) is 2. The summed E-state index contributed by atoms with van der Waals surface area (Å²) < 4.78 is 5.66. The Morgan fingerprint density at radius 2 is 2.17 bits per heavy atom. The largest absolute Gasteiger partial charge is 0.491 e. The van der Waals surface area contributed by atoms with Crippen LogP contribution in [0.5, 0.6) is 5.75 Å². The second-order valence-corrected chi connectivity index (χ2v) is 5.24. The summed E-state index contributed by atoms with van der Waals surface area (Å²) in [5.41, 5.74) is 0.938. The van der Waals surface area contributed by atoms with Crippen molar-refractivity contribution in [3.8, 4) is 5.75 Å². The number of aliphatic hydroxyl groups is 1. The van der Waals surface area contributed by atoms with Crippen molar-refractivity contribution in [1.82, 2.24) is 5.32 Å². The van der Waals surface area contributed by atoms with Crippen molar-refractivity contribution in [2.75, 3.05) is 6.54 Å². The van der Waals surface area contributed by atoms with Gasteiger partial charge in [0.15, 0.2) is 0 Å². The smallest absolute Gasteiger partial charge is 0.120 e. The summed E-state index contributed by atoms with van der Waals surface area (Å²) >= 11 is 0. The van der Waals surface area contributed by atoms with E-state index in [0.29, 0.717) is 0 Å². The molecule has 1 fully saturated rings. The Bertz CT molecular complexity index is 373. The van der Waals surface area contributed by atoms with Gasteiger partial charge in [-0.1, -0.05) is 18.6 Å². The zero-order chi connectivity index (χ0) is 13.0. The van der Waals surface area contributed by atoms with Crippen LogP contribution >= 0.6 is 0 Å². The number of aliphatic hydroxyl groups excluding tert-OH is 1. The van der Waals surface area contributed by atoms with Gasteiger partial charge < -0.3 is 15.2 Å². The van der Waals surface area contributed by atoms with Crippen LogP contribution in [0.15, 0.2) is 24.3 Å². The zero-order valence-corrected chi connectivity index (χ0v) is 11.2. The Kier molecular flexibility index (Phi) is 4.61. The maximum atomic E-state index is 10.4. The topological polar surface area (TPSA) is 41.5 Å². The van der Waals surface area contributed by atoms with Gasteiger partial charge in [-0.25, -0.2) is 0 Å². The lowest BCUT2D eigenvalue weighted by atomic mass is 9.95. The SMILES string of the molecule is CC(C)Oc1cccc(C(O)C2CCCCN2)c1. The van der Waals surface area contributed by atoms with Crippen LogP contribution in [-0.4, -0.2) is 23.8 Å². The first kappa shape index (κ1) is 13.4. The fourth-order valence-electron chi connectivity index (χ4n) is 2.42.